The van der Waals surface area contributed by atoms with Crippen LogP contribution in [0.3, 0.4) is 0 Å². The van der Waals surface area contributed by atoms with E-state index in [-0.39, 0.29) is 17.8 Å². The summed E-state index contributed by atoms with van der Waals surface area (Å²) in [6.07, 6.45) is 0.00744. The van der Waals surface area contributed by atoms with Crippen molar-refractivity contribution < 1.29 is 14.1 Å². The number of hydrogen-bond donors (Lipinski definition) is 1. The van der Waals surface area contributed by atoms with E-state index in [2.05, 4.69) is 21.2 Å². The van der Waals surface area contributed by atoms with E-state index in [1.54, 1.807) is 6.07 Å². The molecule has 21 heavy (non-hydrogen) atoms. The number of carbonyl (C=O) groups is 1. The number of nitrogens with one attached hydrogen (secondary N) is 1. The molecule has 0 aliphatic heterocycles. The summed E-state index contributed by atoms with van der Waals surface area (Å²) in [5.41, 5.74) is 0.652. The largest absolute Gasteiger partial charge is 0.323 e. The molecule has 0 saturated heterocycles. The number of anilines is 1. The number of nitro groups is 1. The molecule has 0 fully saturated rings. The van der Waals surface area contributed by atoms with Crippen molar-refractivity contribution in [1.82, 2.24) is 0 Å². The van der Waals surface area contributed by atoms with Crippen molar-refractivity contribution in [3.63, 3.8) is 0 Å². The summed E-state index contributed by atoms with van der Waals surface area (Å²) < 4.78 is 14.1. The van der Waals surface area contributed by atoms with E-state index in [4.69, 9.17) is 0 Å². The van der Waals surface area contributed by atoms with E-state index in [1.807, 2.05) is 0 Å². The van der Waals surface area contributed by atoms with Crippen molar-refractivity contribution in [2.24, 2.45) is 0 Å². The van der Waals surface area contributed by atoms with Gasteiger partial charge in [-0.3, -0.25) is 14.9 Å². The molecule has 0 spiro atoms. The Morgan fingerprint density at radius 1 is 1.24 bits per heavy atom. The number of rotatable bonds is 4. The molecule has 0 saturated carbocycles. The molecule has 5 nitrogen and oxygen atoms in total. The van der Waals surface area contributed by atoms with Gasteiger partial charge in [0.2, 0.25) is 5.91 Å². The number of benzene rings is 2. The van der Waals surface area contributed by atoms with Gasteiger partial charge in [-0.1, -0.05) is 28.1 Å². The van der Waals surface area contributed by atoms with Crippen LogP contribution in [0.4, 0.5) is 15.8 Å². The highest BCUT2D eigenvalue weighted by atomic mass is 79.9. The van der Waals surface area contributed by atoms with Crippen LogP contribution in [0.2, 0.25) is 0 Å². The Kier molecular flexibility index (Phi) is 4.64. The molecule has 0 heterocycles. The number of non-ortho nitro benzene ring substituents is 1. The second-order valence-corrected chi connectivity index (χ2v) is 5.19. The lowest BCUT2D eigenvalue weighted by Gasteiger charge is -2.06. The van der Waals surface area contributed by atoms with Crippen LogP contribution in [0, 0.1) is 15.9 Å². The maximum absolute atomic E-state index is 13.6. The normalized spacial score (nSPS) is 10.2. The second kappa shape index (κ2) is 6.45. The average molecular weight is 353 g/mol. The molecule has 0 bridgehead atoms. The Morgan fingerprint density at radius 3 is 2.48 bits per heavy atom. The monoisotopic (exact) mass is 352 g/mol. The van der Waals surface area contributed by atoms with Gasteiger partial charge in [0.25, 0.3) is 5.69 Å². The molecular weight excluding hydrogens is 343 g/mol. The third kappa shape index (κ3) is 4.09. The van der Waals surface area contributed by atoms with Gasteiger partial charge in [0.15, 0.2) is 0 Å². The van der Waals surface area contributed by atoms with E-state index in [0.717, 1.165) is 0 Å². The molecule has 7 heteroatoms. The molecule has 2 rings (SSSR count). The zero-order valence-corrected chi connectivity index (χ0v) is 12.3. The van der Waals surface area contributed by atoms with Gasteiger partial charge in [-0.15, -0.1) is 0 Å². The van der Waals surface area contributed by atoms with Gasteiger partial charge < -0.3 is 5.32 Å². The van der Waals surface area contributed by atoms with Crippen LogP contribution < -0.4 is 5.32 Å². The summed E-state index contributed by atoms with van der Waals surface area (Å²) in [5.74, 6) is -0.938. The van der Waals surface area contributed by atoms with Crippen molar-refractivity contribution in [2.75, 3.05) is 5.32 Å². The summed E-state index contributed by atoms with van der Waals surface area (Å²) in [5, 5.41) is 13.0. The first kappa shape index (κ1) is 15.1. The van der Waals surface area contributed by atoms with E-state index in [1.165, 1.54) is 36.4 Å². The molecule has 0 radical (unpaired) electrons. The van der Waals surface area contributed by atoms with Crippen molar-refractivity contribution in [2.45, 2.75) is 6.42 Å². The molecule has 2 aromatic rings. The second-order valence-electron chi connectivity index (χ2n) is 4.27. The predicted molar refractivity (Wildman–Crippen MR) is 79.5 cm³/mol. The fourth-order valence-electron chi connectivity index (χ4n) is 1.71. The van der Waals surface area contributed by atoms with Gasteiger partial charge in [-0.2, -0.15) is 0 Å². The Balaban J connectivity index is 2.02. The van der Waals surface area contributed by atoms with Crippen LogP contribution >= 0.6 is 15.9 Å². The smallest absolute Gasteiger partial charge is 0.269 e. The fourth-order valence-corrected chi connectivity index (χ4v) is 2.04. The Hall–Kier alpha value is -2.28. The van der Waals surface area contributed by atoms with Gasteiger partial charge in [0.05, 0.1) is 17.0 Å². The zero-order chi connectivity index (χ0) is 15.4. The maximum atomic E-state index is 13.6. The Bertz CT molecular complexity index is 689. The van der Waals surface area contributed by atoms with Crippen LogP contribution in [0.15, 0.2) is 46.9 Å². The van der Waals surface area contributed by atoms with Gasteiger partial charge in [-0.05, 0) is 23.8 Å². The highest BCUT2D eigenvalue weighted by Gasteiger charge is 2.10. The van der Waals surface area contributed by atoms with Crippen LogP contribution in [0.25, 0.3) is 0 Å². The molecule has 0 aliphatic carbocycles. The first-order chi connectivity index (χ1) is 9.95. The lowest BCUT2D eigenvalue weighted by molar-refractivity contribution is -0.384. The molecule has 1 N–H and O–H groups in total. The van der Waals surface area contributed by atoms with Crippen molar-refractivity contribution in [1.29, 1.82) is 0 Å². The molecule has 2 aromatic carbocycles. The summed E-state index contributed by atoms with van der Waals surface area (Å²) in [4.78, 5) is 21.8. The zero-order valence-electron chi connectivity index (χ0n) is 10.7. The van der Waals surface area contributed by atoms with Gasteiger partial charge in [0, 0.05) is 16.6 Å². The van der Waals surface area contributed by atoms with Gasteiger partial charge in [-0.25, -0.2) is 4.39 Å². The number of nitro benzene ring substituents is 1. The van der Waals surface area contributed by atoms with E-state index in [9.17, 15) is 19.3 Å². The van der Waals surface area contributed by atoms with Crippen LogP contribution in [-0.4, -0.2) is 10.8 Å². The highest BCUT2D eigenvalue weighted by Crippen LogP contribution is 2.19. The van der Waals surface area contributed by atoms with E-state index in [0.29, 0.717) is 10.0 Å². The lowest BCUT2D eigenvalue weighted by atomic mass is 10.1. The Morgan fingerprint density at radius 2 is 1.90 bits per heavy atom. The number of hydrogen-bond acceptors (Lipinski definition) is 3. The third-order valence-corrected chi connectivity index (χ3v) is 3.21. The number of nitrogens with zero attached hydrogens (tertiary/aromatic N) is 1. The van der Waals surface area contributed by atoms with Crippen molar-refractivity contribution >= 4 is 33.2 Å². The average Bonchev–Trinajstić information content (AvgIpc) is 2.42. The van der Waals surface area contributed by atoms with Crippen LogP contribution in [-0.2, 0) is 11.2 Å². The summed E-state index contributed by atoms with van der Waals surface area (Å²) in [6.45, 7) is 0. The molecule has 0 aromatic heterocycles. The minimum atomic E-state index is -0.540. The summed E-state index contributed by atoms with van der Waals surface area (Å²) >= 11 is 3.13. The predicted octanol–water partition coefficient (Wildman–Crippen LogP) is 3.68. The number of amides is 1. The fraction of sp³-hybridized carbons (Fsp3) is 0.0714. The quantitative estimate of drug-likeness (QED) is 0.673. The Labute approximate surface area is 128 Å². The first-order valence-electron chi connectivity index (χ1n) is 5.94. The first-order valence-corrected chi connectivity index (χ1v) is 6.73. The van der Waals surface area contributed by atoms with Crippen LogP contribution in [0.1, 0.15) is 5.56 Å². The molecular formula is C14H10BrFN2O3. The van der Waals surface area contributed by atoms with Gasteiger partial charge >= 0.3 is 0 Å². The topological polar surface area (TPSA) is 72.2 Å². The van der Waals surface area contributed by atoms with Crippen molar-refractivity contribution in [3.05, 3.63) is 68.4 Å². The molecule has 1 amide bonds. The number of halogens is 2. The minimum Gasteiger partial charge on any atom is -0.323 e. The lowest BCUT2D eigenvalue weighted by Crippen LogP contribution is -2.15. The van der Waals surface area contributed by atoms with Crippen molar-refractivity contribution in [3.8, 4) is 0 Å². The van der Waals surface area contributed by atoms with Crippen LogP contribution in [0.5, 0.6) is 0 Å². The SMILES string of the molecule is O=C(Cc1ccc([N+](=O)[O-])cc1)Nc1ccc(Br)cc1F. The standard InChI is InChI=1S/C14H10BrFN2O3/c15-10-3-6-13(12(16)8-10)17-14(19)7-9-1-4-11(5-2-9)18(20)21/h1-6,8H,7H2,(H,17,19). The molecule has 0 aliphatic rings. The van der Waals surface area contributed by atoms with Gasteiger partial charge in [0.1, 0.15) is 5.82 Å². The molecule has 0 unspecified atom stereocenters. The molecule has 0 atom stereocenters. The summed E-state index contributed by atoms with van der Waals surface area (Å²) in [6, 6.07) is 9.95. The number of carbonyl (C=O) groups excluding carboxylic acids is 1. The van der Waals surface area contributed by atoms with E-state index >= 15 is 0 Å². The highest BCUT2D eigenvalue weighted by molar-refractivity contribution is 9.10. The molecule has 108 valence electrons. The summed E-state index contributed by atoms with van der Waals surface area (Å²) in [7, 11) is 0. The van der Waals surface area contributed by atoms with E-state index < -0.39 is 16.6 Å². The maximum Gasteiger partial charge on any atom is 0.269 e. The minimum absolute atomic E-state index is 0.00744. The third-order valence-electron chi connectivity index (χ3n) is 2.72.